The molecule has 1 fully saturated rings. The van der Waals surface area contributed by atoms with Crippen molar-refractivity contribution in [3.63, 3.8) is 0 Å². The molecule has 0 spiro atoms. The number of carbonyl (C=O) groups excluding carboxylic acids is 1. The summed E-state index contributed by atoms with van der Waals surface area (Å²) in [5, 5.41) is 8.79. The van der Waals surface area contributed by atoms with Gasteiger partial charge in [-0.1, -0.05) is 44.0 Å². The van der Waals surface area contributed by atoms with Gasteiger partial charge in [0.25, 0.3) is 5.91 Å². The summed E-state index contributed by atoms with van der Waals surface area (Å²) in [5.41, 5.74) is 3.15. The molecule has 0 bridgehead atoms. The molecule has 1 atom stereocenters. The van der Waals surface area contributed by atoms with Gasteiger partial charge in [0, 0.05) is 13.2 Å². The molecule has 0 unspecified atom stereocenters. The third kappa shape index (κ3) is 4.70. The van der Waals surface area contributed by atoms with Crippen LogP contribution in [0.25, 0.3) is 5.69 Å². The molecule has 2 heterocycles. The normalized spacial score (nSPS) is 16.7. The zero-order chi connectivity index (χ0) is 20.3. The van der Waals surface area contributed by atoms with Gasteiger partial charge in [0.2, 0.25) is 0 Å². The van der Waals surface area contributed by atoms with Crippen molar-refractivity contribution >= 4 is 29.1 Å². The van der Waals surface area contributed by atoms with Gasteiger partial charge >= 0.3 is 0 Å². The fourth-order valence-corrected chi connectivity index (χ4v) is 3.84. The highest BCUT2D eigenvalue weighted by Gasteiger charge is 2.25. The SMILES string of the molecule is CCc1c(C(=O)NC[C@@H]2CCCO2)c(CC(C)C)nn1-c1ccc(Cl)c(Cl)c1. The van der Waals surface area contributed by atoms with E-state index in [1.54, 1.807) is 12.1 Å². The number of aromatic nitrogens is 2. The Bertz CT molecular complexity index is 842. The van der Waals surface area contributed by atoms with E-state index in [9.17, 15) is 4.79 Å². The molecule has 7 heteroatoms. The Morgan fingerprint density at radius 1 is 1.36 bits per heavy atom. The van der Waals surface area contributed by atoms with Gasteiger partial charge in [0.05, 0.1) is 38.8 Å². The molecule has 0 saturated carbocycles. The Balaban J connectivity index is 1.96. The summed E-state index contributed by atoms with van der Waals surface area (Å²) in [6, 6.07) is 5.40. The van der Waals surface area contributed by atoms with E-state index in [1.165, 1.54) is 0 Å². The van der Waals surface area contributed by atoms with Gasteiger partial charge in [-0.05, 0) is 49.8 Å². The first-order chi connectivity index (χ1) is 13.4. The summed E-state index contributed by atoms with van der Waals surface area (Å²) < 4.78 is 7.45. The van der Waals surface area contributed by atoms with Crippen molar-refractivity contribution in [1.29, 1.82) is 0 Å². The van der Waals surface area contributed by atoms with Gasteiger partial charge in [0.15, 0.2) is 0 Å². The molecule has 28 heavy (non-hydrogen) atoms. The van der Waals surface area contributed by atoms with Crippen LogP contribution >= 0.6 is 23.2 Å². The lowest BCUT2D eigenvalue weighted by Crippen LogP contribution is -2.32. The molecule has 1 aliphatic rings. The molecular formula is C21H27Cl2N3O2. The van der Waals surface area contributed by atoms with Crippen molar-refractivity contribution in [2.45, 2.75) is 52.6 Å². The van der Waals surface area contributed by atoms with Crippen LogP contribution in [-0.4, -0.2) is 34.9 Å². The molecule has 2 aromatic rings. The van der Waals surface area contributed by atoms with Gasteiger partial charge in [-0.15, -0.1) is 0 Å². The van der Waals surface area contributed by atoms with Crippen LogP contribution in [-0.2, 0) is 17.6 Å². The number of nitrogens with zero attached hydrogens (tertiary/aromatic N) is 2. The molecule has 3 rings (SSSR count). The first-order valence-corrected chi connectivity index (χ1v) is 10.6. The fraction of sp³-hybridized carbons (Fsp3) is 0.524. The second-order valence-electron chi connectivity index (χ2n) is 7.58. The number of hydrogen-bond acceptors (Lipinski definition) is 3. The van der Waals surface area contributed by atoms with Crippen LogP contribution in [0.5, 0.6) is 0 Å². The second-order valence-corrected chi connectivity index (χ2v) is 8.39. The second kappa shape index (κ2) is 9.29. The van der Waals surface area contributed by atoms with Crippen LogP contribution in [0, 0.1) is 5.92 Å². The third-order valence-electron chi connectivity index (χ3n) is 4.88. The largest absolute Gasteiger partial charge is 0.376 e. The molecule has 0 radical (unpaired) electrons. The zero-order valence-corrected chi connectivity index (χ0v) is 18.1. The van der Waals surface area contributed by atoms with Gasteiger partial charge in [-0.25, -0.2) is 4.68 Å². The molecule has 1 aromatic heterocycles. The third-order valence-corrected chi connectivity index (χ3v) is 5.62. The van der Waals surface area contributed by atoms with Crippen LogP contribution in [0.2, 0.25) is 10.0 Å². The van der Waals surface area contributed by atoms with Crippen molar-refractivity contribution in [2.75, 3.05) is 13.2 Å². The monoisotopic (exact) mass is 423 g/mol. The summed E-state index contributed by atoms with van der Waals surface area (Å²) >= 11 is 12.3. The summed E-state index contributed by atoms with van der Waals surface area (Å²) in [6.07, 6.45) is 3.54. The van der Waals surface area contributed by atoms with Crippen LogP contribution in [0.3, 0.4) is 0 Å². The van der Waals surface area contributed by atoms with Crippen molar-refractivity contribution in [3.8, 4) is 5.69 Å². The number of hydrogen-bond donors (Lipinski definition) is 1. The summed E-state index contributed by atoms with van der Waals surface area (Å²) in [4.78, 5) is 13.1. The molecule has 5 nitrogen and oxygen atoms in total. The Kier molecular flexibility index (Phi) is 7.02. The number of ether oxygens (including phenoxy) is 1. The quantitative estimate of drug-likeness (QED) is 0.692. The molecule has 0 aliphatic carbocycles. The Morgan fingerprint density at radius 3 is 2.75 bits per heavy atom. The van der Waals surface area contributed by atoms with Crippen LogP contribution in [0.4, 0.5) is 0 Å². The Morgan fingerprint density at radius 2 is 2.14 bits per heavy atom. The summed E-state index contributed by atoms with van der Waals surface area (Å²) in [7, 11) is 0. The number of benzene rings is 1. The number of nitrogens with one attached hydrogen (secondary N) is 1. The van der Waals surface area contributed by atoms with Crippen LogP contribution in [0.1, 0.15) is 55.4 Å². The lowest BCUT2D eigenvalue weighted by molar-refractivity contribution is 0.0856. The van der Waals surface area contributed by atoms with Crippen molar-refractivity contribution in [1.82, 2.24) is 15.1 Å². The first kappa shape index (κ1) is 21.2. The average molecular weight is 424 g/mol. The average Bonchev–Trinajstić information content (AvgIpc) is 3.29. The van der Waals surface area contributed by atoms with Crippen LogP contribution < -0.4 is 5.32 Å². The minimum atomic E-state index is -0.0886. The molecule has 1 aromatic carbocycles. The Labute approximate surface area is 176 Å². The molecule has 1 aliphatic heterocycles. The Hall–Kier alpha value is -1.56. The van der Waals surface area contributed by atoms with Gasteiger partial charge in [-0.2, -0.15) is 5.10 Å². The van der Waals surface area contributed by atoms with Gasteiger partial charge < -0.3 is 10.1 Å². The molecule has 1 N–H and O–H groups in total. The topological polar surface area (TPSA) is 56.1 Å². The van der Waals surface area contributed by atoms with E-state index in [0.29, 0.717) is 34.5 Å². The fourth-order valence-electron chi connectivity index (χ4n) is 3.55. The van der Waals surface area contributed by atoms with Crippen molar-refractivity contribution in [3.05, 3.63) is 45.2 Å². The molecule has 152 valence electrons. The minimum absolute atomic E-state index is 0.0886. The first-order valence-electron chi connectivity index (χ1n) is 9.86. The summed E-state index contributed by atoms with van der Waals surface area (Å²) in [6.45, 7) is 7.58. The number of rotatable bonds is 7. The smallest absolute Gasteiger partial charge is 0.255 e. The predicted molar refractivity (Wildman–Crippen MR) is 113 cm³/mol. The highest BCUT2D eigenvalue weighted by Crippen LogP contribution is 2.27. The minimum Gasteiger partial charge on any atom is -0.376 e. The highest BCUT2D eigenvalue weighted by molar-refractivity contribution is 6.42. The van der Waals surface area contributed by atoms with E-state index >= 15 is 0 Å². The summed E-state index contributed by atoms with van der Waals surface area (Å²) in [5.74, 6) is 0.292. The van der Waals surface area contributed by atoms with E-state index in [1.807, 2.05) is 17.7 Å². The molecular weight excluding hydrogens is 397 g/mol. The van der Waals surface area contributed by atoms with Gasteiger partial charge in [0.1, 0.15) is 0 Å². The zero-order valence-electron chi connectivity index (χ0n) is 16.6. The maximum Gasteiger partial charge on any atom is 0.255 e. The van der Waals surface area contributed by atoms with E-state index < -0.39 is 0 Å². The maximum absolute atomic E-state index is 13.1. The number of carbonyl (C=O) groups is 1. The van der Waals surface area contributed by atoms with E-state index in [4.69, 9.17) is 33.0 Å². The number of halogens is 2. The highest BCUT2D eigenvalue weighted by atomic mass is 35.5. The lowest BCUT2D eigenvalue weighted by atomic mass is 10.0. The van der Waals surface area contributed by atoms with E-state index in [0.717, 1.165) is 42.9 Å². The van der Waals surface area contributed by atoms with Gasteiger partial charge in [-0.3, -0.25) is 4.79 Å². The van der Waals surface area contributed by atoms with Crippen molar-refractivity contribution < 1.29 is 9.53 Å². The van der Waals surface area contributed by atoms with Crippen molar-refractivity contribution in [2.24, 2.45) is 5.92 Å². The van der Waals surface area contributed by atoms with E-state index in [2.05, 4.69) is 19.2 Å². The van der Waals surface area contributed by atoms with Crippen LogP contribution in [0.15, 0.2) is 18.2 Å². The lowest BCUT2D eigenvalue weighted by Gasteiger charge is -2.12. The molecule has 1 saturated heterocycles. The molecule has 1 amide bonds. The van der Waals surface area contributed by atoms with E-state index in [-0.39, 0.29) is 12.0 Å². The standard InChI is InChI=1S/C21H27Cl2N3O2/c1-4-19-20(21(27)24-12-15-6-5-9-28-15)18(10-13(2)3)25-26(19)14-7-8-16(22)17(23)11-14/h7-8,11,13,15H,4-6,9-10,12H2,1-3H3,(H,24,27)/t15-/m0/s1. The number of amides is 1. The maximum atomic E-state index is 13.1. The predicted octanol–water partition coefficient (Wildman–Crippen LogP) is 4.85.